The van der Waals surface area contributed by atoms with Crippen LogP contribution in [0.5, 0.6) is 5.75 Å². The van der Waals surface area contributed by atoms with Crippen molar-refractivity contribution in [2.24, 2.45) is 0 Å². The molecule has 1 amide bonds. The Hall–Kier alpha value is -2.78. The molecule has 158 valence electrons. The molecule has 0 aliphatic carbocycles. The maximum atomic E-state index is 12.6. The van der Waals surface area contributed by atoms with Crippen LogP contribution >= 0.6 is 0 Å². The Kier molecular flexibility index (Phi) is 7.46. The minimum Gasteiger partial charge on any atom is -0.494 e. The number of carbonyl (C=O) groups is 1. The van der Waals surface area contributed by atoms with Crippen LogP contribution in [0.2, 0.25) is 0 Å². The van der Waals surface area contributed by atoms with Crippen molar-refractivity contribution in [1.29, 1.82) is 0 Å². The molecule has 1 N–H and O–H groups in total. The third-order valence-corrected chi connectivity index (χ3v) is 3.81. The van der Waals surface area contributed by atoms with Crippen LogP contribution in [-0.2, 0) is 17.1 Å². The predicted octanol–water partition coefficient (Wildman–Crippen LogP) is 5.70. The van der Waals surface area contributed by atoms with Gasteiger partial charge in [-0.05, 0) is 49.6 Å². The van der Waals surface area contributed by atoms with E-state index in [9.17, 15) is 31.1 Å². The van der Waals surface area contributed by atoms with Gasteiger partial charge in [-0.25, -0.2) is 0 Å². The van der Waals surface area contributed by atoms with Gasteiger partial charge in [0, 0.05) is 18.3 Å². The van der Waals surface area contributed by atoms with Crippen molar-refractivity contribution in [3.05, 3.63) is 53.9 Å². The summed E-state index contributed by atoms with van der Waals surface area (Å²) in [5, 5.41) is 2.37. The minimum absolute atomic E-state index is 0.00482. The van der Waals surface area contributed by atoms with Gasteiger partial charge in [-0.1, -0.05) is 6.07 Å². The number of rotatable bonds is 8. The van der Waals surface area contributed by atoms with E-state index in [1.165, 1.54) is 18.2 Å². The second kappa shape index (κ2) is 9.62. The van der Waals surface area contributed by atoms with Crippen LogP contribution in [0, 0.1) is 0 Å². The Morgan fingerprint density at radius 3 is 2.41 bits per heavy atom. The number of aromatic nitrogens is 1. The Balaban J connectivity index is 1.68. The van der Waals surface area contributed by atoms with Crippen molar-refractivity contribution in [3.63, 3.8) is 0 Å². The van der Waals surface area contributed by atoms with Gasteiger partial charge < -0.3 is 10.1 Å². The highest BCUT2D eigenvalue weighted by molar-refractivity contribution is 5.90. The summed E-state index contributed by atoms with van der Waals surface area (Å²) in [4.78, 5) is 15.0. The molecule has 0 radical (unpaired) electrons. The van der Waals surface area contributed by atoms with E-state index in [2.05, 4.69) is 10.3 Å². The second-order valence-electron chi connectivity index (χ2n) is 6.16. The summed E-state index contributed by atoms with van der Waals surface area (Å²) in [6.45, 7) is 0.183. The molecular weight excluding hydrogens is 402 g/mol. The largest absolute Gasteiger partial charge is 0.494 e. The first-order chi connectivity index (χ1) is 13.6. The lowest BCUT2D eigenvalue weighted by atomic mass is 10.2. The summed E-state index contributed by atoms with van der Waals surface area (Å²) in [5.74, 6) is -0.334. The average molecular weight is 420 g/mol. The number of unbranched alkanes of at least 4 members (excludes halogenated alkanes) is 2. The van der Waals surface area contributed by atoms with E-state index in [0.717, 1.165) is 24.4 Å². The van der Waals surface area contributed by atoms with Gasteiger partial charge in [0.2, 0.25) is 5.91 Å². The van der Waals surface area contributed by atoms with Gasteiger partial charge in [-0.2, -0.15) is 26.3 Å². The summed E-state index contributed by atoms with van der Waals surface area (Å²) in [7, 11) is 0. The quantitative estimate of drug-likeness (QED) is 0.441. The van der Waals surface area contributed by atoms with Crippen LogP contribution in [-0.4, -0.2) is 17.5 Å². The van der Waals surface area contributed by atoms with Crippen molar-refractivity contribution in [3.8, 4) is 5.75 Å². The van der Waals surface area contributed by atoms with Crippen LogP contribution in [0.3, 0.4) is 0 Å². The van der Waals surface area contributed by atoms with Crippen LogP contribution < -0.4 is 10.1 Å². The molecule has 10 heteroatoms. The Morgan fingerprint density at radius 2 is 1.72 bits per heavy atom. The number of carbonyl (C=O) groups excluding carboxylic acids is 1. The van der Waals surface area contributed by atoms with Gasteiger partial charge >= 0.3 is 12.4 Å². The summed E-state index contributed by atoms with van der Waals surface area (Å²) in [6, 6.07) is 6.55. The fourth-order valence-electron chi connectivity index (χ4n) is 2.40. The molecule has 4 nitrogen and oxygen atoms in total. The van der Waals surface area contributed by atoms with Crippen LogP contribution in [0.1, 0.15) is 36.9 Å². The van der Waals surface area contributed by atoms with Gasteiger partial charge in [-0.3, -0.25) is 9.78 Å². The molecule has 1 aromatic heterocycles. The molecule has 0 aliphatic rings. The number of benzene rings is 1. The number of ether oxygens (including phenoxy) is 1. The molecule has 29 heavy (non-hydrogen) atoms. The highest BCUT2D eigenvalue weighted by Gasteiger charge is 2.32. The van der Waals surface area contributed by atoms with Crippen molar-refractivity contribution in [1.82, 2.24) is 4.98 Å². The average Bonchev–Trinajstić information content (AvgIpc) is 2.63. The summed E-state index contributed by atoms with van der Waals surface area (Å²) < 4.78 is 80.9. The smallest absolute Gasteiger partial charge is 0.433 e. The lowest BCUT2D eigenvalue weighted by Crippen LogP contribution is -2.13. The van der Waals surface area contributed by atoms with E-state index in [0.29, 0.717) is 19.3 Å². The standard InChI is InChI=1S/C19H18F6N2O2/c20-18(21,22)13-5-4-6-15(11-13)29-10-3-1-2-7-17(28)27-14-8-9-26-16(12-14)19(23,24)25/h4-6,8-9,11-12H,1-3,7,10H2,(H,26,27,28). The number of nitrogens with zero attached hydrogens (tertiary/aromatic N) is 1. The molecule has 1 heterocycles. The number of anilines is 1. The minimum atomic E-state index is -4.60. The maximum Gasteiger partial charge on any atom is 0.433 e. The zero-order valence-corrected chi connectivity index (χ0v) is 15.1. The monoisotopic (exact) mass is 420 g/mol. The molecule has 0 saturated carbocycles. The number of hydrogen-bond donors (Lipinski definition) is 1. The third kappa shape index (κ3) is 7.63. The van der Waals surface area contributed by atoms with Crippen molar-refractivity contribution in [2.45, 2.75) is 38.0 Å². The first kappa shape index (κ1) is 22.5. The van der Waals surface area contributed by atoms with E-state index in [-0.39, 0.29) is 24.5 Å². The number of halogens is 6. The van der Waals surface area contributed by atoms with Crippen molar-refractivity contribution in [2.75, 3.05) is 11.9 Å². The molecule has 2 rings (SSSR count). The summed E-state index contributed by atoms with van der Waals surface area (Å²) in [5.41, 5.74) is -1.89. The van der Waals surface area contributed by atoms with E-state index in [1.807, 2.05) is 0 Å². The fraction of sp³-hybridized carbons (Fsp3) is 0.368. The molecule has 0 saturated heterocycles. The van der Waals surface area contributed by atoms with E-state index in [4.69, 9.17) is 4.74 Å². The number of hydrogen-bond acceptors (Lipinski definition) is 3. The third-order valence-electron chi connectivity index (χ3n) is 3.81. The van der Waals surface area contributed by atoms with Crippen LogP contribution in [0.15, 0.2) is 42.6 Å². The first-order valence-corrected chi connectivity index (χ1v) is 8.69. The lowest BCUT2D eigenvalue weighted by Gasteiger charge is -2.10. The van der Waals surface area contributed by atoms with E-state index >= 15 is 0 Å². The van der Waals surface area contributed by atoms with Gasteiger partial charge in [0.25, 0.3) is 0 Å². The van der Waals surface area contributed by atoms with Crippen LogP contribution in [0.25, 0.3) is 0 Å². The van der Waals surface area contributed by atoms with Gasteiger partial charge in [0.15, 0.2) is 0 Å². The highest BCUT2D eigenvalue weighted by Crippen LogP contribution is 2.31. The Labute approximate surface area is 162 Å². The molecule has 0 spiro atoms. The predicted molar refractivity (Wildman–Crippen MR) is 93.3 cm³/mol. The van der Waals surface area contributed by atoms with E-state index in [1.54, 1.807) is 0 Å². The number of amides is 1. The maximum absolute atomic E-state index is 12.6. The molecule has 0 bridgehead atoms. The van der Waals surface area contributed by atoms with Crippen molar-refractivity contribution < 1.29 is 35.9 Å². The normalized spacial score (nSPS) is 11.9. The number of nitrogens with one attached hydrogen (secondary N) is 1. The van der Waals surface area contributed by atoms with Gasteiger partial charge in [-0.15, -0.1) is 0 Å². The topological polar surface area (TPSA) is 51.2 Å². The Bertz CT molecular complexity index is 821. The molecule has 0 unspecified atom stereocenters. The summed E-state index contributed by atoms with van der Waals surface area (Å²) >= 11 is 0. The number of pyridine rings is 1. The first-order valence-electron chi connectivity index (χ1n) is 8.69. The van der Waals surface area contributed by atoms with Crippen LogP contribution in [0.4, 0.5) is 32.0 Å². The SMILES string of the molecule is O=C(CCCCCOc1cccc(C(F)(F)F)c1)Nc1ccnc(C(F)(F)F)c1. The Morgan fingerprint density at radius 1 is 0.966 bits per heavy atom. The molecule has 1 aromatic carbocycles. The van der Waals surface area contributed by atoms with E-state index < -0.39 is 29.5 Å². The van der Waals surface area contributed by atoms with Gasteiger partial charge in [0.05, 0.1) is 12.2 Å². The molecular formula is C19H18F6N2O2. The molecule has 0 fully saturated rings. The van der Waals surface area contributed by atoms with Gasteiger partial charge in [0.1, 0.15) is 11.4 Å². The molecule has 0 atom stereocenters. The summed E-state index contributed by atoms with van der Waals surface area (Å²) in [6.07, 6.45) is -6.46. The zero-order chi connectivity index (χ0) is 21.5. The molecule has 2 aromatic rings. The molecule has 0 aliphatic heterocycles. The number of alkyl halides is 6. The highest BCUT2D eigenvalue weighted by atomic mass is 19.4. The zero-order valence-electron chi connectivity index (χ0n) is 15.1. The fourth-order valence-corrected chi connectivity index (χ4v) is 2.40. The second-order valence-corrected chi connectivity index (χ2v) is 6.16. The lowest BCUT2D eigenvalue weighted by molar-refractivity contribution is -0.141. The van der Waals surface area contributed by atoms with Crippen molar-refractivity contribution >= 4 is 11.6 Å².